The van der Waals surface area contributed by atoms with Crippen molar-refractivity contribution in [2.75, 3.05) is 13.1 Å². The Kier molecular flexibility index (Phi) is 17.0. The van der Waals surface area contributed by atoms with Crippen LogP contribution in [0.5, 0.6) is 0 Å². The molecule has 0 saturated carbocycles. The van der Waals surface area contributed by atoms with E-state index in [0.717, 1.165) is 0 Å². The highest BCUT2D eigenvalue weighted by Gasteiger charge is 2.29. The lowest BCUT2D eigenvalue weighted by Crippen LogP contribution is -2.56. The molecule has 0 fully saturated rings. The Morgan fingerprint density at radius 2 is 1.29 bits per heavy atom. The Morgan fingerprint density at radius 3 is 1.79 bits per heavy atom. The van der Waals surface area contributed by atoms with Gasteiger partial charge in [-0.25, -0.2) is 0 Å². The standard InChI is InChI=1S/C25H44N8O9/c1-5-13(4)20(27)24(41)33-21(12(2)3)25(42)30-10-17(35)29-11-18(36)31-15(6-8-16(26)34)23(40)32-14(22(28)39)7-9-19(37)38/h12-15,20-21H,5-11,27H2,1-4H3,(H2,26,34)(H2,28,39)(H,29,35)(H,30,42)(H,31,36)(H,32,40)(H,33,41)(H,37,38)/t13-,14-,15-,20-,21-/m0/s1. The van der Waals surface area contributed by atoms with Gasteiger partial charge in [-0.1, -0.05) is 34.1 Å². The molecule has 0 aliphatic carbocycles. The summed E-state index contributed by atoms with van der Waals surface area (Å²) in [5.74, 6) is -7.12. The number of carbonyl (C=O) groups is 8. The Bertz CT molecular complexity index is 1000. The molecule has 0 radical (unpaired) electrons. The van der Waals surface area contributed by atoms with Gasteiger partial charge in [0.05, 0.1) is 19.1 Å². The van der Waals surface area contributed by atoms with Gasteiger partial charge in [-0.15, -0.1) is 0 Å². The highest BCUT2D eigenvalue weighted by Crippen LogP contribution is 2.08. The average molecular weight is 601 g/mol. The first-order chi connectivity index (χ1) is 19.5. The molecule has 42 heavy (non-hydrogen) atoms. The van der Waals surface area contributed by atoms with Crippen molar-refractivity contribution in [1.82, 2.24) is 26.6 Å². The van der Waals surface area contributed by atoms with Crippen molar-refractivity contribution in [3.8, 4) is 0 Å². The molecule has 238 valence electrons. The van der Waals surface area contributed by atoms with Crippen LogP contribution in [0, 0.1) is 11.8 Å². The van der Waals surface area contributed by atoms with E-state index in [1.165, 1.54) is 0 Å². The van der Waals surface area contributed by atoms with Crippen molar-refractivity contribution < 1.29 is 43.5 Å². The summed E-state index contributed by atoms with van der Waals surface area (Å²) in [4.78, 5) is 95.9. The van der Waals surface area contributed by atoms with Gasteiger partial charge in [0.1, 0.15) is 18.1 Å². The van der Waals surface area contributed by atoms with E-state index in [0.29, 0.717) is 6.42 Å². The zero-order valence-electron chi connectivity index (χ0n) is 24.4. The quantitative estimate of drug-likeness (QED) is 0.0659. The van der Waals surface area contributed by atoms with Crippen molar-refractivity contribution >= 4 is 47.3 Å². The van der Waals surface area contributed by atoms with Gasteiger partial charge in [-0.05, 0) is 24.7 Å². The summed E-state index contributed by atoms with van der Waals surface area (Å²) in [6.07, 6.45) is -0.684. The van der Waals surface area contributed by atoms with Crippen molar-refractivity contribution in [3.63, 3.8) is 0 Å². The van der Waals surface area contributed by atoms with E-state index in [4.69, 9.17) is 22.3 Å². The van der Waals surface area contributed by atoms with Crippen LogP contribution in [-0.2, 0) is 38.4 Å². The lowest BCUT2D eigenvalue weighted by Gasteiger charge is -2.25. The van der Waals surface area contributed by atoms with Crippen LogP contribution in [0.4, 0.5) is 0 Å². The summed E-state index contributed by atoms with van der Waals surface area (Å²) >= 11 is 0. The number of aliphatic carboxylic acids is 1. The van der Waals surface area contributed by atoms with Crippen molar-refractivity contribution in [1.29, 1.82) is 0 Å². The second-order valence-corrected chi connectivity index (χ2v) is 10.2. The molecule has 0 bridgehead atoms. The number of amides is 7. The van der Waals surface area contributed by atoms with Gasteiger partial charge in [-0.2, -0.15) is 0 Å². The van der Waals surface area contributed by atoms with E-state index < -0.39 is 91.0 Å². The van der Waals surface area contributed by atoms with Crippen LogP contribution in [0.2, 0.25) is 0 Å². The first-order valence-corrected chi connectivity index (χ1v) is 13.5. The van der Waals surface area contributed by atoms with Gasteiger partial charge in [0.2, 0.25) is 41.4 Å². The topological polar surface area (TPSA) is 295 Å². The molecule has 0 rings (SSSR count). The van der Waals surface area contributed by atoms with Crippen LogP contribution in [-0.4, -0.2) is 89.7 Å². The number of carboxylic acids is 1. The van der Waals surface area contributed by atoms with Gasteiger partial charge in [0.15, 0.2) is 0 Å². The molecule has 0 unspecified atom stereocenters. The molecule has 17 heteroatoms. The van der Waals surface area contributed by atoms with E-state index in [2.05, 4.69) is 26.6 Å². The third kappa shape index (κ3) is 14.9. The molecule has 7 amide bonds. The van der Waals surface area contributed by atoms with Gasteiger partial charge in [0, 0.05) is 12.8 Å². The number of hydrogen-bond acceptors (Lipinski definition) is 9. The SMILES string of the molecule is CC[C@H](C)[C@H](N)C(=O)N[C@H](C(=O)NCC(=O)NCC(=O)N[C@@H](CCC(N)=O)C(=O)N[C@@H](CCC(=O)O)C(N)=O)C(C)C. The van der Waals surface area contributed by atoms with Crippen LogP contribution in [0.1, 0.15) is 59.8 Å². The predicted molar refractivity (Wildman–Crippen MR) is 149 cm³/mol. The van der Waals surface area contributed by atoms with E-state index in [-0.39, 0.29) is 31.1 Å². The molecule has 5 atom stereocenters. The fraction of sp³-hybridized carbons (Fsp3) is 0.680. The highest BCUT2D eigenvalue weighted by molar-refractivity contribution is 5.94. The van der Waals surface area contributed by atoms with Crippen LogP contribution >= 0.6 is 0 Å². The maximum absolute atomic E-state index is 12.7. The highest BCUT2D eigenvalue weighted by atomic mass is 16.4. The summed E-state index contributed by atoms with van der Waals surface area (Å²) < 4.78 is 0. The largest absolute Gasteiger partial charge is 0.481 e. The third-order valence-corrected chi connectivity index (χ3v) is 6.31. The predicted octanol–water partition coefficient (Wildman–Crippen LogP) is -3.68. The number of nitrogens with two attached hydrogens (primary N) is 3. The molecule has 0 aromatic rings. The second kappa shape index (κ2) is 19.0. The summed E-state index contributed by atoms with van der Waals surface area (Å²) in [5.41, 5.74) is 16.2. The molecule has 0 saturated heterocycles. The van der Waals surface area contributed by atoms with Crippen molar-refractivity contribution in [3.05, 3.63) is 0 Å². The minimum atomic E-state index is -1.37. The molecule has 17 nitrogen and oxygen atoms in total. The molecule has 0 aromatic heterocycles. The fourth-order valence-corrected chi connectivity index (χ4v) is 3.44. The van der Waals surface area contributed by atoms with Crippen LogP contribution in [0.3, 0.4) is 0 Å². The van der Waals surface area contributed by atoms with Gasteiger partial charge < -0.3 is 48.9 Å². The first-order valence-electron chi connectivity index (χ1n) is 13.5. The number of primary amides is 2. The molecule has 0 spiro atoms. The number of nitrogens with one attached hydrogen (secondary N) is 5. The van der Waals surface area contributed by atoms with Crippen LogP contribution < -0.4 is 43.8 Å². The van der Waals surface area contributed by atoms with Crippen LogP contribution in [0.25, 0.3) is 0 Å². The lowest BCUT2D eigenvalue weighted by atomic mass is 9.97. The summed E-state index contributed by atoms with van der Waals surface area (Å²) in [7, 11) is 0. The Labute approximate surface area is 243 Å². The maximum Gasteiger partial charge on any atom is 0.303 e. The first kappa shape index (κ1) is 37.7. The van der Waals surface area contributed by atoms with E-state index in [1.54, 1.807) is 13.8 Å². The minimum absolute atomic E-state index is 0.110. The van der Waals surface area contributed by atoms with E-state index in [1.807, 2.05) is 13.8 Å². The number of carbonyl (C=O) groups excluding carboxylic acids is 7. The van der Waals surface area contributed by atoms with Crippen molar-refractivity contribution in [2.45, 2.75) is 84.0 Å². The molecular weight excluding hydrogens is 556 g/mol. The molecule has 12 N–H and O–H groups in total. The number of hydrogen-bond donors (Lipinski definition) is 9. The Balaban J connectivity index is 5.05. The minimum Gasteiger partial charge on any atom is -0.481 e. The fourth-order valence-electron chi connectivity index (χ4n) is 3.44. The normalized spacial score (nSPS) is 14.3. The zero-order chi connectivity index (χ0) is 32.6. The van der Waals surface area contributed by atoms with Crippen LogP contribution in [0.15, 0.2) is 0 Å². The monoisotopic (exact) mass is 600 g/mol. The van der Waals surface area contributed by atoms with Gasteiger partial charge >= 0.3 is 5.97 Å². The molecular formula is C25H44N8O9. The van der Waals surface area contributed by atoms with Crippen molar-refractivity contribution in [2.24, 2.45) is 29.0 Å². The van der Waals surface area contributed by atoms with Gasteiger partial charge in [0.25, 0.3) is 0 Å². The molecule has 0 aliphatic heterocycles. The molecule has 0 aliphatic rings. The Morgan fingerprint density at radius 1 is 0.714 bits per heavy atom. The summed E-state index contributed by atoms with van der Waals surface area (Å²) in [6.45, 7) is 5.93. The maximum atomic E-state index is 12.7. The second-order valence-electron chi connectivity index (χ2n) is 10.2. The number of carboxylic acid groups (broad SMARTS) is 1. The summed E-state index contributed by atoms with van der Waals surface area (Å²) in [5, 5.41) is 20.6. The van der Waals surface area contributed by atoms with E-state index >= 15 is 0 Å². The number of rotatable bonds is 20. The van der Waals surface area contributed by atoms with E-state index in [9.17, 15) is 38.4 Å². The zero-order valence-corrected chi connectivity index (χ0v) is 24.4. The Hall–Kier alpha value is -4.28. The average Bonchev–Trinajstić information content (AvgIpc) is 2.91. The smallest absolute Gasteiger partial charge is 0.303 e. The summed E-state index contributed by atoms with van der Waals surface area (Å²) in [6, 6.07) is -4.50. The molecule has 0 heterocycles. The van der Waals surface area contributed by atoms with Gasteiger partial charge in [-0.3, -0.25) is 38.4 Å². The lowest BCUT2D eigenvalue weighted by molar-refractivity contribution is -0.138. The third-order valence-electron chi connectivity index (χ3n) is 6.31. The molecule has 0 aromatic carbocycles.